The maximum Gasteiger partial charge on any atom is 0.511 e. The molecule has 2 N–H and O–H groups in total. The molecular weight excluding hydrogens is 413 g/mol. The maximum absolute atomic E-state index is 13.2. The second kappa shape index (κ2) is 7.10. The van der Waals surface area contributed by atoms with Crippen LogP contribution in [0.15, 0.2) is 18.3 Å². The summed E-state index contributed by atoms with van der Waals surface area (Å²) in [5.74, 6) is -4.48. The molecule has 13 heteroatoms. The number of ether oxygens (including phenoxy) is 1. The lowest BCUT2D eigenvalue weighted by atomic mass is 9.86. The van der Waals surface area contributed by atoms with Crippen molar-refractivity contribution in [2.75, 3.05) is 6.61 Å². The number of hydrogen-bond acceptors (Lipinski definition) is 5. The Morgan fingerprint density at radius 3 is 2.39 bits per heavy atom. The zero-order valence-electron chi connectivity index (χ0n) is 14.8. The Hall–Kier alpha value is -2.02. The SMILES string of the molecule is CC(C)(COc1ncccc1C(N)=O)N(C1CC(F)(F)C1)S(=O)(=O)C(F)(F)F. The van der Waals surface area contributed by atoms with E-state index in [2.05, 4.69) is 4.98 Å². The third kappa shape index (κ3) is 4.35. The van der Waals surface area contributed by atoms with Crippen molar-refractivity contribution < 1.29 is 39.9 Å². The Labute approximate surface area is 157 Å². The number of sulfonamides is 1. The number of nitrogens with zero attached hydrogens (tertiary/aromatic N) is 2. The first-order valence-electron chi connectivity index (χ1n) is 7.95. The topological polar surface area (TPSA) is 103 Å². The summed E-state index contributed by atoms with van der Waals surface area (Å²) in [6.45, 7) is 1.50. The number of nitrogens with two attached hydrogens (primary N) is 1. The predicted octanol–water partition coefficient (Wildman–Crippen LogP) is 2.29. The lowest BCUT2D eigenvalue weighted by Gasteiger charge is -2.48. The molecule has 0 bridgehead atoms. The number of amides is 1. The van der Waals surface area contributed by atoms with E-state index in [0.29, 0.717) is 0 Å². The van der Waals surface area contributed by atoms with Crippen molar-refractivity contribution in [2.24, 2.45) is 5.73 Å². The minimum atomic E-state index is -5.93. The summed E-state index contributed by atoms with van der Waals surface area (Å²) in [5, 5.41) is 0. The molecule has 1 aromatic rings. The van der Waals surface area contributed by atoms with Gasteiger partial charge in [-0.1, -0.05) is 0 Å². The van der Waals surface area contributed by atoms with Crippen LogP contribution in [0.5, 0.6) is 5.88 Å². The Balaban J connectivity index is 2.33. The van der Waals surface area contributed by atoms with Gasteiger partial charge in [-0.05, 0) is 26.0 Å². The number of rotatable bonds is 7. The van der Waals surface area contributed by atoms with E-state index in [4.69, 9.17) is 10.5 Å². The van der Waals surface area contributed by atoms with Gasteiger partial charge in [-0.3, -0.25) is 4.79 Å². The second-order valence-electron chi connectivity index (χ2n) is 6.99. The number of carbonyl (C=O) groups is 1. The summed E-state index contributed by atoms with van der Waals surface area (Å²) in [5.41, 5.74) is -2.59. The third-order valence-electron chi connectivity index (χ3n) is 4.15. The second-order valence-corrected chi connectivity index (χ2v) is 8.79. The highest BCUT2D eigenvalue weighted by Gasteiger charge is 2.61. The molecule has 158 valence electrons. The van der Waals surface area contributed by atoms with E-state index in [9.17, 15) is 35.2 Å². The van der Waals surface area contributed by atoms with E-state index in [1.54, 1.807) is 0 Å². The van der Waals surface area contributed by atoms with Crippen molar-refractivity contribution in [3.05, 3.63) is 23.9 Å². The normalized spacial score (nSPS) is 18.0. The maximum atomic E-state index is 13.2. The molecule has 0 atom stereocenters. The molecule has 1 saturated carbocycles. The average Bonchev–Trinajstić information content (AvgIpc) is 2.50. The third-order valence-corrected chi connectivity index (χ3v) is 6.04. The van der Waals surface area contributed by atoms with Gasteiger partial charge in [0.25, 0.3) is 11.8 Å². The minimum Gasteiger partial charge on any atom is -0.475 e. The highest BCUT2D eigenvalue weighted by Crippen LogP contribution is 2.46. The van der Waals surface area contributed by atoms with E-state index >= 15 is 0 Å². The van der Waals surface area contributed by atoms with Crippen molar-refractivity contribution in [3.63, 3.8) is 0 Å². The molecule has 1 aliphatic rings. The van der Waals surface area contributed by atoms with Gasteiger partial charge in [0, 0.05) is 25.1 Å². The van der Waals surface area contributed by atoms with E-state index in [-0.39, 0.29) is 15.7 Å². The average molecular weight is 431 g/mol. The zero-order chi connectivity index (χ0) is 21.5. The van der Waals surface area contributed by atoms with Gasteiger partial charge < -0.3 is 10.5 Å². The molecule has 1 fully saturated rings. The number of aromatic nitrogens is 1. The first-order valence-corrected chi connectivity index (χ1v) is 9.39. The molecule has 2 rings (SSSR count). The van der Waals surface area contributed by atoms with Crippen molar-refractivity contribution in [2.45, 2.75) is 49.7 Å². The molecule has 28 heavy (non-hydrogen) atoms. The van der Waals surface area contributed by atoms with Gasteiger partial charge in [-0.15, -0.1) is 0 Å². The molecule has 1 heterocycles. The highest BCUT2D eigenvalue weighted by molar-refractivity contribution is 7.90. The van der Waals surface area contributed by atoms with Crippen LogP contribution in [-0.2, 0) is 10.0 Å². The van der Waals surface area contributed by atoms with Gasteiger partial charge in [-0.25, -0.2) is 22.2 Å². The van der Waals surface area contributed by atoms with Gasteiger partial charge in [-0.2, -0.15) is 17.5 Å². The number of primary amides is 1. The van der Waals surface area contributed by atoms with Gasteiger partial charge in [0.2, 0.25) is 5.88 Å². The molecule has 0 aliphatic heterocycles. The Kier molecular flexibility index (Phi) is 5.65. The number of pyridine rings is 1. The van der Waals surface area contributed by atoms with Gasteiger partial charge in [0.1, 0.15) is 12.2 Å². The Morgan fingerprint density at radius 2 is 1.93 bits per heavy atom. The van der Waals surface area contributed by atoms with Crippen LogP contribution in [0.4, 0.5) is 22.0 Å². The summed E-state index contributed by atoms with van der Waals surface area (Å²) >= 11 is 0. The lowest BCUT2D eigenvalue weighted by Crippen LogP contribution is -2.64. The Morgan fingerprint density at radius 1 is 1.36 bits per heavy atom. The van der Waals surface area contributed by atoms with Crippen LogP contribution in [0.2, 0.25) is 0 Å². The largest absolute Gasteiger partial charge is 0.511 e. The number of halogens is 5. The standard InChI is InChI=1S/C15H18F5N3O4S/c1-13(2,8-27-12-10(11(21)24)4-3-5-22-12)23(9-6-14(16,17)7-9)28(25,26)15(18,19)20/h3-5,9H,6-8H2,1-2H3,(H2,21,24). The summed E-state index contributed by atoms with van der Waals surface area (Å²) < 4.78 is 95.2. The molecule has 0 spiro atoms. The molecule has 0 radical (unpaired) electrons. The van der Waals surface area contributed by atoms with Crippen LogP contribution in [0.1, 0.15) is 37.0 Å². The minimum absolute atomic E-state index is 0.00426. The predicted molar refractivity (Wildman–Crippen MR) is 87.1 cm³/mol. The first kappa shape index (κ1) is 22.3. The molecular formula is C15H18F5N3O4S. The summed E-state index contributed by atoms with van der Waals surface area (Å²) in [6.07, 6.45) is -0.852. The van der Waals surface area contributed by atoms with E-state index in [1.807, 2.05) is 0 Å². The molecule has 0 unspecified atom stereocenters. The van der Waals surface area contributed by atoms with Gasteiger partial charge in [0.15, 0.2) is 0 Å². The van der Waals surface area contributed by atoms with Crippen molar-refractivity contribution >= 4 is 15.9 Å². The monoisotopic (exact) mass is 431 g/mol. The zero-order valence-corrected chi connectivity index (χ0v) is 15.7. The van der Waals surface area contributed by atoms with Crippen molar-refractivity contribution in [1.82, 2.24) is 9.29 Å². The fourth-order valence-corrected chi connectivity index (χ4v) is 4.39. The summed E-state index contributed by atoms with van der Waals surface area (Å²) in [6, 6.07) is 1.07. The van der Waals surface area contributed by atoms with E-state index in [0.717, 1.165) is 13.8 Å². The van der Waals surface area contributed by atoms with Crippen LogP contribution >= 0.6 is 0 Å². The van der Waals surface area contributed by atoms with Crippen LogP contribution in [0.3, 0.4) is 0 Å². The molecule has 0 saturated heterocycles. The molecule has 0 aromatic carbocycles. The Bertz CT molecular complexity index is 849. The molecule has 1 aromatic heterocycles. The van der Waals surface area contributed by atoms with E-state index < -0.39 is 58.4 Å². The van der Waals surface area contributed by atoms with Gasteiger partial charge >= 0.3 is 15.5 Å². The fraction of sp³-hybridized carbons (Fsp3) is 0.600. The number of carbonyl (C=O) groups excluding carboxylic acids is 1. The fourth-order valence-electron chi connectivity index (χ4n) is 2.92. The summed E-state index contributed by atoms with van der Waals surface area (Å²) in [7, 11) is -5.93. The van der Waals surface area contributed by atoms with Gasteiger partial charge in [0.05, 0.1) is 5.54 Å². The van der Waals surface area contributed by atoms with Crippen LogP contribution in [-0.4, -0.2) is 53.2 Å². The van der Waals surface area contributed by atoms with Crippen molar-refractivity contribution in [1.29, 1.82) is 0 Å². The van der Waals surface area contributed by atoms with Crippen LogP contribution in [0.25, 0.3) is 0 Å². The molecule has 1 aliphatic carbocycles. The quantitative estimate of drug-likeness (QED) is 0.668. The lowest BCUT2D eigenvalue weighted by molar-refractivity contribution is -0.129. The highest BCUT2D eigenvalue weighted by atomic mass is 32.2. The smallest absolute Gasteiger partial charge is 0.475 e. The van der Waals surface area contributed by atoms with Crippen molar-refractivity contribution in [3.8, 4) is 5.88 Å². The molecule has 1 amide bonds. The van der Waals surface area contributed by atoms with Crippen LogP contribution < -0.4 is 10.5 Å². The van der Waals surface area contributed by atoms with Crippen LogP contribution in [0, 0.1) is 0 Å². The first-order chi connectivity index (χ1) is 12.6. The summed E-state index contributed by atoms with van der Waals surface area (Å²) in [4.78, 5) is 15.1. The van der Waals surface area contributed by atoms with E-state index in [1.165, 1.54) is 18.3 Å². The number of hydrogen-bond donors (Lipinski definition) is 1. The number of alkyl halides is 5. The molecule has 7 nitrogen and oxygen atoms in total.